The van der Waals surface area contributed by atoms with Gasteiger partial charge < -0.3 is 5.73 Å². The summed E-state index contributed by atoms with van der Waals surface area (Å²) in [6.07, 6.45) is -0.654. The Bertz CT molecular complexity index is 808. The van der Waals surface area contributed by atoms with E-state index in [2.05, 4.69) is 9.97 Å². The SMILES string of the molecule is NC(=O)N(c1nc2c(c(C(F)F)n1)CCCC2)c1c(F)cccc1F. The minimum Gasteiger partial charge on any atom is -0.351 e. The number of aromatic nitrogens is 2. The Labute approximate surface area is 140 Å². The van der Waals surface area contributed by atoms with Crippen molar-refractivity contribution in [2.75, 3.05) is 4.90 Å². The van der Waals surface area contributed by atoms with Gasteiger partial charge in [0.2, 0.25) is 5.95 Å². The molecule has 0 aliphatic heterocycles. The number of anilines is 2. The maximum atomic E-state index is 14.1. The van der Waals surface area contributed by atoms with E-state index in [1.165, 1.54) is 0 Å². The number of carbonyl (C=O) groups excluding carboxylic acids is 1. The van der Waals surface area contributed by atoms with Crippen LogP contribution in [0.1, 0.15) is 36.2 Å². The molecule has 0 saturated heterocycles. The summed E-state index contributed by atoms with van der Waals surface area (Å²) in [6.45, 7) is 0. The van der Waals surface area contributed by atoms with Crippen LogP contribution < -0.4 is 10.6 Å². The lowest BCUT2D eigenvalue weighted by Gasteiger charge is -2.24. The molecule has 0 unspecified atom stereocenters. The Kier molecular flexibility index (Phi) is 4.56. The zero-order chi connectivity index (χ0) is 18.1. The number of aryl methyl sites for hydroxylation is 1. The van der Waals surface area contributed by atoms with Crippen LogP contribution in [-0.4, -0.2) is 16.0 Å². The highest BCUT2D eigenvalue weighted by Crippen LogP contribution is 2.33. The van der Waals surface area contributed by atoms with Crippen LogP contribution in [0.2, 0.25) is 0 Å². The highest BCUT2D eigenvalue weighted by Gasteiger charge is 2.29. The van der Waals surface area contributed by atoms with Crippen molar-refractivity contribution < 1.29 is 22.4 Å². The lowest BCUT2D eigenvalue weighted by Crippen LogP contribution is -2.35. The van der Waals surface area contributed by atoms with Gasteiger partial charge in [-0.25, -0.2) is 37.2 Å². The Balaban J connectivity index is 2.21. The van der Waals surface area contributed by atoms with Gasteiger partial charge in [-0.2, -0.15) is 0 Å². The van der Waals surface area contributed by atoms with E-state index in [4.69, 9.17) is 5.73 Å². The lowest BCUT2D eigenvalue weighted by molar-refractivity contribution is 0.144. The molecule has 1 heterocycles. The van der Waals surface area contributed by atoms with E-state index < -0.39 is 41.4 Å². The molecule has 1 aliphatic rings. The Morgan fingerprint density at radius 1 is 1.12 bits per heavy atom. The summed E-state index contributed by atoms with van der Waals surface area (Å²) in [5.41, 5.74) is 4.55. The zero-order valence-electron chi connectivity index (χ0n) is 13.0. The van der Waals surface area contributed by atoms with Gasteiger partial charge >= 0.3 is 6.03 Å². The normalized spacial score (nSPS) is 13.6. The first-order valence-corrected chi connectivity index (χ1v) is 7.61. The Morgan fingerprint density at radius 3 is 2.36 bits per heavy atom. The first-order valence-electron chi connectivity index (χ1n) is 7.61. The molecule has 5 nitrogen and oxygen atoms in total. The van der Waals surface area contributed by atoms with Crippen molar-refractivity contribution in [3.05, 3.63) is 46.8 Å². The summed E-state index contributed by atoms with van der Waals surface area (Å²) in [6, 6.07) is 1.66. The Morgan fingerprint density at radius 2 is 1.76 bits per heavy atom. The van der Waals surface area contributed by atoms with Gasteiger partial charge in [-0.05, 0) is 37.8 Å². The van der Waals surface area contributed by atoms with E-state index >= 15 is 0 Å². The smallest absolute Gasteiger partial charge is 0.326 e. The van der Waals surface area contributed by atoms with Crippen molar-refractivity contribution >= 4 is 17.7 Å². The number of primary amides is 1. The zero-order valence-corrected chi connectivity index (χ0v) is 13.0. The minimum atomic E-state index is -2.91. The van der Waals surface area contributed by atoms with Gasteiger partial charge in [0, 0.05) is 11.3 Å². The monoisotopic (exact) mass is 354 g/mol. The molecule has 0 saturated carbocycles. The molecular formula is C16H14F4N4O. The molecule has 0 radical (unpaired) electrons. The van der Waals surface area contributed by atoms with Crippen molar-refractivity contribution in [1.82, 2.24) is 9.97 Å². The van der Waals surface area contributed by atoms with E-state index in [-0.39, 0.29) is 0 Å². The first kappa shape index (κ1) is 17.1. The maximum Gasteiger partial charge on any atom is 0.326 e. The topological polar surface area (TPSA) is 72.1 Å². The van der Waals surface area contributed by atoms with Crippen LogP contribution in [0.25, 0.3) is 0 Å². The second-order valence-corrected chi connectivity index (χ2v) is 5.59. The molecule has 25 heavy (non-hydrogen) atoms. The summed E-state index contributed by atoms with van der Waals surface area (Å²) >= 11 is 0. The van der Waals surface area contributed by atoms with Crippen molar-refractivity contribution in [1.29, 1.82) is 0 Å². The molecule has 1 aromatic carbocycles. The standard InChI is InChI=1S/C16H14F4N4O/c17-9-5-3-6-10(18)13(9)24(15(21)25)16-22-11-7-2-1-4-8(11)12(23-16)14(19)20/h3,5-6,14H,1-2,4,7H2,(H2,21,25). The molecule has 2 N–H and O–H groups in total. The molecule has 3 rings (SSSR count). The van der Waals surface area contributed by atoms with Gasteiger partial charge in [-0.15, -0.1) is 0 Å². The number of halogens is 4. The first-order chi connectivity index (χ1) is 11.9. The molecule has 0 spiro atoms. The fraction of sp³-hybridized carbons (Fsp3) is 0.312. The second-order valence-electron chi connectivity index (χ2n) is 5.59. The highest BCUT2D eigenvalue weighted by molar-refractivity contribution is 5.96. The number of para-hydroxylation sites is 1. The molecular weight excluding hydrogens is 340 g/mol. The van der Waals surface area contributed by atoms with Gasteiger partial charge in [0.05, 0.1) is 0 Å². The number of fused-ring (bicyclic) bond motifs is 1. The fourth-order valence-corrected chi connectivity index (χ4v) is 2.90. The number of hydrogen-bond acceptors (Lipinski definition) is 3. The average molecular weight is 354 g/mol. The summed E-state index contributed by atoms with van der Waals surface area (Å²) in [5.74, 6) is -2.73. The van der Waals surface area contributed by atoms with E-state index in [1.807, 2.05) is 0 Å². The van der Waals surface area contributed by atoms with E-state index in [0.717, 1.165) is 31.0 Å². The molecule has 2 aromatic rings. The third kappa shape index (κ3) is 3.13. The molecule has 132 valence electrons. The molecule has 9 heteroatoms. The largest absolute Gasteiger partial charge is 0.351 e. The number of nitrogens with two attached hydrogens (primary N) is 1. The lowest BCUT2D eigenvalue weighted by atomic mass is 9.95. The van der Waals surface area contributed by atoms with Crippen LogP contribution in [0.15, 0.2) is 18.2 Å². The van der Waals surface area contributed by atoms with E-state index in [1.54, 1.807) is 0 Å². The molecule has 0 atom stereocenters. The third-order valence-corrected chi connectivity index (χ3v) is 3.99. The number of alkyl halides is 2. The number of nitrogens with zero attached hydrogens (tertiary/aromatic N) is 3. The maximum absolute atomic E-state index is 14.1. The van der Waals surface area contributed by atoms with Crippen LogP contribution in [-0.2, 0) is 12.8 Å². The predicted molar refractivity (Wildman–Crippen MR) is 81.7 cm³/mol. The molecule has 1 aliphatic carbocycles. The van der Waals surface area contributed by atoms with Gasteiger partial charge in [0.1, 0.15) is 23.0 Å². The van der Waals surface area contributed by atoms with Crippen LogP contribution in [0, 0.1) is 11.6 Å². The number of benzene rings is 1. The number of carbonyl (C=O) groups is 1. The van der Waals surface area contributed by atoms with Crippen LogP contribution in [0.5, 0.6) is 0 Å². The van der Waals surface area contributed by atoms with Crippen LogP contribution >= 0.6 is 0 Å². The highest BCUT2D eigenvalue weighted by atomic mass is 19.3. The Hall–Kier alpha value is -2.71. The van der Waals surface area contributed by atoms with Gasteiger partial charge in [0.15, 0.2) is 0 Å². The summed E-state index contributed by atoms with van der Waals surface area (Å²) < 4.78 is 54.9. The van der Waals surface area contributed by atoms with Crippen molar-refractivity contribution in [3.8, 4) is 0 Å². The van der Waals surface area contributed by atoms with Crippen molar-refractivity contribution in [3.63, 3.8) is 0 Å². The van der Waals surface area contributed by atoms with Crippen molar-refractivity contribution in [2.45, 2.75) is 32.1 Å². The van der Waals surface area contributed by atoms with Crippen LogP contribution in [0.4, 0.5) is 34.0 Å². The van der Waals surface area contributed by atoms with Gasteiger partial charge in [0.25, 0.3) is 6.43 Å². The number of amides is 2. The summed E-state index contributed by atoms with van der Waals surface area (Å²) in [4.78, 5) is 20.0. The number of hydrogen-bond donors (Lipinski definition) is 1. The molecule has 0 bridgehead atoms. The van der Waals surface area contributed by atoms with E-state index in [9.17, 15) is 22.4 Å². The van der Waals surface area contributed by atoms with E-state index in [0.29, 0.717) is 29.0 Å². The molecule has 2 amide bonds. The second kappa shape index (κ2) is 6.66. The van der Waals surface area contributed by atoms with Crippen molar-refractivity contribution in [2.24, 2.45) is 5.73 Å². The average Bonchev–Trinajstić information content (AvgIpc) is 2.56. The fourth-order valence-electron chi connectivity index (χ4n) is 2.90. The predicted octanol–water partition coefficient (Wildman–Crippen LogP) is 3.79. The van der Waals surface area contributed by atoms with Crippen LogP contribution in [0.3, 0.4) is 0 Å². The molecule has 1 aromatic heterocycles. The number of urea groups is 1. The minimum absolute atomic E-state index is 0.323. The third-order valence-electron chi connectivity index (χ3n) is 3.99. The quantitative estimate of drug-likeness (QED) is 0.853. The number of rotatable bonds is 3. The van der Waals surface area contributed by atoms with Gasteiger partial charge in [-0.3, -0.25) is 0 Å². The van der Waals surface area contributed by atoms with Gasteiger partial charge in [-0.1, -0.05) is 6.07 Å². The molecule has 0 fully saturated rings. The summed E-state index contributed by atoms with van der Waals surface area (Å²) in [7, 11) is 0. The summed E-state index contributed by atoms with van der Waals surface area (Å²) in [5, 5.41) is 0.